The van der Waals surface area contributed by atoms with Crippen molar-refractivity contribution in [2.75, 3.05) is 19.6 Å². The Bertz CT molecular complexity index is 322. The standard InChI is InChI=1S/C14H25N3O2.ClH/c1-10(11-4-6-15-7-5-11)8-14(19)17-12-2-3-13(18)16-9-12;/h10-12,15H,2-9H2,1H3,(H,16,18)(H,17,19);1H. The lowest BCUT2D eigenvalue weighted by atomic mass is 9.84. The van der Waals surface area contributed by atoms with Crippen molar-refractivity contribution in [2.24, 2.45) is 11.8 Å². The average Bonchev–Trinajstić information content (AvgIpc) is 2.42. The first kappa shape index (κ1) is 17.2. The number of hydrogen-bond donors (Lipinski definition) is 3. The molecule has 0 aromatic rings. The monoisotopic (exact) mass is 303 g/mol. The summed E-state index contributed by atoms with van der Waals surface area (Å²) in [7, 11) is 0. The molecule has 0 spiro atoms. The fourth-order valence-electron chi connectivity index (χ4n) is 3.01. The highest BCUT2D eigenvalue weighted by Crippen LogP contribution is 2.24. The van der Waals surface area contributed by atoms with Crippen molar-refractivity contribution in [1.82, 2.24) is 16.0 Å². The Morgan fingerprint density at radius 2 is 2.05 bits per heavy atom. The fraction of sp³-hybridized carbons (Fsp3) is 0.857. The summed E-state index contributed by atoms with van der Waals surface area (Å²) in [5.41, 5.74) is 0. The van der Waals surface area contributed by atoms with Crippen molar-refractivity contribution in [3.63, 3.8) is 0 Å². The number of amides is 2. The number of nitrogens with one attached hydrogen (secondary N) is 3. The van der Waals surface area contributed by atoms with E-state index in [9.17, 15) is 9.59 Å². The quantitative estimate of drug-likeness (QED) is 0.720. The first-order chi connectivity index (χ1) is 9.15. The second-order valence-corrected chi connectivity index (χ2v) is 5.88. The summed E-state index contributed by atoms with van der Waals surface area (Å²) in [5.74, 6) is 1.33. The molecule has 0 radical (unpaired) electrons. The highest BCUT2D eigenvalue weighted by atomic mass is 35.5. The Morgan fingerprint density at radius 3 is 2.65 bits per heavy atom. The van der Waals surface area contributed by atoms with Crippen LogP contribution in [0.1, 0.15) is 39.0 Å². The molecule has 116 valence electrons. The van der Waals surface area contributed by atoms with Crippen LogP contribution in [-0.4, -0.2) is 37.5 Å². The number of piperidine rings is 2. The van der Waals surface area contributed by atoms with E-state index < -0.39 is 0 Å². The van der Waals surface area contributed by atoms with E-state index in [1.165, 1.54) is 12.8 Å². The van der Waals surface area contributed by atoms with Crippen LogP contribution < -0.4 is 16.0 Å². The predicted molar refractivity (Wildman–Crippen MR) is 80.8 cm³/mol. The van der Waals surface area contributed by atoms with Crippen LogP contribution in [0.2, 0.25) is 0 Å². The Balaban J connectivity index is 0.00000200. The summed E-state index contributed by atoms with van der Waals surface area (Å²) in [4.78, 5) is 23.1. The maximum atomic E-state index is 12.0. The topological polar surface area (TPSA) is 70.2 Å². The lowest BCUT2D eigenvalue weighted by molar-refractivity contribution is -0.126. The lowest BCUT2D eigenvalue weighted by Gasteiger charge is -2.29. The van der Waals surface area contributed by atoms with Gasteiger partial charge in [0.2, 0.25) is 11.8 Å². The van der Waals surface area contributed by atoms with Crippen LogP contribution in [0.15, 0.2) is 0 Å². The highest BCUT2D eigenvalue weighted by molar-refractivity contribution is 5.85. The van der Waals surface area contributed by atoms with Gasteiger partial charge in [-0.15, -0.1) is 12.4 Å². The maximum absolute atomic E-state index is 12.0. The van der Waals surface area contributed by atoms with Gasteiger partial charge in [-0.05, 0) is 44.2 Å². The molecule has 2 fully saturated rings. The van der Waals surface area contributed by atoms with Gasteiger partial charge < -0.3 is 16.0 Å². The fourth-order valence-corrected chi connectivity index (χ4v) is 3.01. The number of carbonyl (C=O) groups excluding carboxylic acids is 2. The van der Waals surface area contributed by atoms with E-state index in [1.807, 2.05) is 0 Å². The van der Waals surface area contributed by atoms with Crippen molar-refractivity contribution >= 4 is 24.2 Å². The molecule has 2 aliphatic rings. The van der Waals surface area contributed by atoms with Crippen LogP contribution in [0.5, 0.6) is 0 Å². The van der Waals surface area contributed by atoms with Crippen LogP contribution >= 0.6 is 12.4 Å². The molecule has 2 amide bonds. The van der Waals surface area contributed by atoms with E-state index in [0.29, 0.717) is 31.2 Å². The van der Waals surface area contributed by atoms with Crippen LogP contribution in [0.4, 0.5) is 0 Å². The lowest BCUT2D eigenvalue weighted by Crippen LogP contribution is -2.48. The molecular formula is C14H26ClN3O2. The normalized spacial score (nSPS) is 25.2. The molecule has 2 atom stereocenters. The Labute approximate surface area is 127 Å². The molecule has 6 heteroatoms. The van der Waals surface area contributed by atoms with Crippen molar-refractivity contribution < 1.29 is 9.59 Å². The van der Waals surface area contributed by atoms with Crippen LogP contribution in [0, 0.1) is 11.8 Å². The number of rotatable bonds is 4. The average molecular weight is 304 g/mol. The summed E-state index contributed by atoms with van der Waals surface area (Å²) >= 11 is 0. The molecule has 2 heterocycles. The summed E-state index contributed by atoms with van der Waals surface area (Å²) in [6.07, 6.45) is 4.24. The molecule has 20 heavy (non-hydrogen) atoms. The zero-order valence-electron chi connectivity index (χ0n) is 12.1. The Morgan fingerprint density at radius 1 is 1.35 bits per heavy atom. The molecule has 2 unspecified atom stereocenters. The van der Waals surface area contributed by atoms with Gasteiger partial charge in [-0.25, -0.2) is 0 Å². The summed E-state index contributed by atoms with van der Waals surface area (Å²) < 4.78 is 0. The number of carbonyl (C=O) groups is 2. The second kappa shape index (κ2) is 8.47. The van der Waals surface area contributed by atoms with E-state index >= 15 is 0 Å². The molecule has 0 aromatic carbocycles. The van der Waals surface area contributed by atoms with Gasteiger partial charge in [0, 0.05) is 25.4 Å². The second-order valence-electron chi connectivity index (χ2n) is 5.88. The molecule has 2 rings (SSSR count). The zero-order chi connectivity index (χ0) is 13.7. The van der Waals surface area contributed by atoms with Gasteiger partial charge >= 0.3 is 0 Å². The first-order valence-corrected chi connectivity index (χ1v) is 7.42. The van der Waals surface area contributed by atoms with Gasteiger partial charge in [0.05, 0.1) is 0 Å². The van der Waals surface area contributed by atoms with Crippen LogP contribution in [-0.2, 0) is 9.59 Å². The third-order valence-corrected chi connectivity index (χ3v) is 4.33. The van der Waals surface area contributed by atoms with Crippen LogP contribution in [0.25, 0.3) is 0 Å². The van der Waals surface area contributed by atoms with Gasteiger partial charge in [0.1, 0.15) is 0 Å². The van der Waals surface area contributed by atoms with E-state index in [-0.39, 0.29) is 30.3 Å². The minimum absolute atomic E-state index is 0. The predicted octanol–water partition coefficient (Wildman–Crippen LogP) is 0.829. The van der Waals surface area contributed by atoms with Gasteiger partial charge in [0.15, 0.2) is 0 Å². The van der Waals surface area contributed by atoms with Gasteiger partial charge in [-0.2, -0.15) is 0 Å². The summed E-state index contributed by atoms with van der Waals surface area (Å²) in [6.45, 7) is 4.90. The SMILES string of the molecule is CC(CC(=O)NC1CCC(=O)NC1)C1CCNCC1.Cl. The Hall–Kier alpha value is -0.810. The molecule has 0 aliphatic carbocycles. The van der Waals surface area contributed by atoms with Crippen molar-refractivity contribution in [3.8, 4) is 0 Å². The molecule has 0 aromatic heterocycles. The molecule has 5 nitrogen and oxygen atoms in total. The molecule has 0 bridgehead atoms. The number of halogens is 1. The van der Waals surface area contributed by atoms with E-state index in [1.54, 1.807) is 0 Å². The highest BCUT2D eigenvalue weighted by Gasteiger charge is 2.24. The van der Waals surface area contributed by atoms with E-state index in [2.05, 4.69) is 22.9 Å². The van der Waals surface area contributed by atoms with Gasteiger partial charge in [-0.1, -0.05) is 6.92 Å². The van der Waals surface area contributed by atoms with Crippen LogP contribution in [0.3, 0.4) is 0 Å². The first-order valence-electron chi connectivity index (χ1n) is 7.42. The molecule has 2 saturated heterocycles. The smallest absolute Gasteiger partial charge is 0.220 e. The number of hydrogen-bond acceptors (Lipinski definition) is 3. The molecule has 3 N–H and O–H groups in total. The summed E-state index contributed by atoms with van der Waals surface area (Å²) in [6, 6.07) is 0.116. The zero-order valence-corrected chi connectivity index (χ0v) is 12.9. The molecular weight excluding hydrogens is 278 g/mol. The minimum Gasteiger partial charge on any atom is -0.354 e. The minimum atomic E-state index is 0. The van der Waals surface area contributed by atoms with Gasteiger partial charge in [0.25, 0.3) is 0 Å². The maximum Gasteiger partial charge on any atom is 0.220 e. The molecule has 2 aliphatic heterocycles. The Kier molecular flexibility index (Phi) is 7.30. The van der Waals surface area contributed by atoms with Crippen molar-refractivity contribution in [3.05, 3.63) is 0 Å². The molecule has 0 saturated carbocycles. The third-order valence-electron chi connectivity index (χ3n) is 4.33. The van der Waals surface area contributed by atoms with E-state index in [4.69, 9.17) is 0 Å². The summed E-state index contributed by atoms with van der Waals surface area (Å²) in [5, 5.41) is 9.18. The third kappa shape index (κ3) is 5.29. The van der Waals surface area contributed by atoms with Crippen molar-refractivity contribution in [1.29, 1.82) is 0 Å². The van der Waals surface area contributed by atoms with Gasteiger partial charge in [-0.3, -0.25) is 9.59 Å². The van der Waals surface area contributed by atoms with E-state index in [0.717, 1.165) is 19.5 Å². The van der Waals surface area contributed by atoms with Crippen molar-refractivity contribution in [2.45, 2.75) is 45.1 Å². The largest absolute Gasteiger partial charge is 0.354 e.